The first-order valence-electron chi connectivity index (χ1n) is 11.2. The number of hydrogen-bond acceptors (Lipinski definition) is 5. The number of anilines is 1. The number of aryl methyl sites for hydroxylation is 1. The molecule has 3 aliphatic heterocycles. The van der Waals surface area contributed by atoms with Gasteiger partial charge >= 0.3 is 5.97 Å². The van der Waals surface area contributed by atoms with E-state index < -0.39 is 28.6 Å². The van der Waals surface area contributed by atoms with Gasteiger partial charge in [0.05, 0.1) is 27.3 Å². The molecule has 7 nitrogen and oxygen atoms in total. The largest absolute Gasteiger partial charge is 0.481 e. The van der Waals surface area contributed by atoms with Crippen LogP contribution in [0, 0.1) is 24.7 Å². The Balaban J connectivity index is 1.85. The number of aliphatic carboxylic acids is 1. The lowest BCUT2D eigenvalue weighted by Crippen LogP contribution is -2.57. The lowest BCUT2D eigenvalue weighted by molar-refractivity contribution is -0.149. The number of carbonyl (C=O) groups is 3. The molecule has 0 aromatic heterocycles. The smallest absolute Gasteiger partial charge is 0.308 e. The lowest BCUT2D eigenvalue weighted by atomic mass is 9.66. The monoisotopic (exact) mass is 492 g/mol. The number of likely N-dealkylation sites (tertiary alicyclic amines) is 1. The molecule has 6 atom stereocenters. The number of fused-ring (bicyclic) bond motifs is 1. The summed E-state index contributed by atoms with van der Waals surface area (Å²) in [6, 6.07) is 4.56. The van der Waals surface area contributed by atoms with Gasteiger partial charge in [0, 0.05) is 24.9 Å². The van der Waals surface area contributed by atoms with Gasteiger partial charge in [-0.05, 0) is 37.3 Å². The van der Waals surface area contributed by atoms with Gasteiger partial charge in [0.1, 0.15) is 6.04 Å². The molecular formula is C24H29ClN2O5S. The maximum atomic E-state index is 14.3. The van der Waals surface area contributed by atoms with Crippen LogP contribution in [0.3, 0.4) is 0 Å². The van der Waals surface area contributed by atoms with E-state index in [1.54, 1.807) is 17.0 Å². The molecule has 1 aromatic rings. The summed E-state index contributed by atoms with van der Waals surface area (Å²) >= 11 is 8.01. The topological polar surface area (TPSA) is 98.2 Å². The average molecular weight is 493 g/mol. The molecule has 3 saturated heterocycles. The van der Waals surface area contributed by atoms with Crippen LogP contribution in [0.25, 0.3) is 0 Å². The van der Waals surface area contributed by atoms with Crippen molar-refractivity contribution in [3.8, 4) is 0 Å². The van der Waals surface area contributed by atoms with E-state index in [-0.39, 0.29) is 42.7 Å². The highest BCUT2D eigenvalue weighted by atomic mass is 35.5. The van der Waals surface area contributed by atoms with Crippen molar-refractivity contribution in [1.82, 2.24) is 4.90 Å². The summed E-state index contributed by atoms with van der Waals surface area (Å²) in [7, 11) is 0. The number of carbonyl (C=O) groups excluding carboxylic acids is 2. The predicted molar refractivity (Wildman–Crippen MR) is 128 cm³/mol. The van der Waals surface area contributed by atoms with Crippen molar-refractivity contribution in [3.63, 3.8) is 0 Å². The van der Waals surface area contributed by atoms with E-state index in [1.165, 1.54) is 16.7 Å². The molecule has 0 aliphatic carbocycles. The maximum absolute atomic E-state index is 14.3. The Bertz CT molecular complexity index is 983. The van der Waals surface area contributed by atoms with E-state index in [2.05, 4.69) is 6.58 Å². The summed E-state index contributed by atoms with van der Waals surface area (Å²) in [6.07, 6.45) is 2.58. The number of nitrogens with zero attached hydrogens (tertiary/aromatic N) is 2. The number of amides is 2. The number of halogens is 1. The second kappa shape index (κ2) is 8.96. The number of thioether (sulfide) groups is 1. The molecule has 1 spiro atoms. The first-order chi connectivity index (χ1) is 15.7. The zero-order chi connectivity index (χ0) is 24.1. The molecule has 2 bridgehead atoms. The third-order valence-electron chi connectivity index (χ3n) is 7.36. The highest BCUT2D eigenvalue weighted by molar-refractivity contribution is 8.02. The third-order valence-corrected chi connectivity index (χ3v) is 9.74. The van der Waals surface area contributed by atoms with Crippen LogP contribution in [0.4, 0.5) is 5.69 Å². The van der Waals surface area contributed by atoms with E-state index in [9.17, 15) is 24.6 Å². The van der Waals surface area contributed by atoms with Crippen molar-refractivity contribution in [2.45, 2.75) is 42.7 Å². The highest BCUT2D eigenvalue weighted by Crippen LogP contribution is 2.68. The minimum atomic E-state index is -0.986. The highest BCUT2D eigenvalue weighted by Gasteiger charge is 2.76. The summed E-state index contributed by atoms with van der Waals surface area (Å²) in [5.74, 6) is -3.17. The van der Waals surface area contributed by atoms with Crippen molar-refractivity contribution < 1.29 is 24.6 Å². The van der Waals surface area contributed by atoms with Gasteiger partial charge < -0.3 is 20.0 Å². The van der Waals surface area contributed by atoms with Gasteiger partial charge in [-0.25, -0.2) is 0 Å². The Morgan fingerprint density at radius 1 is 1.42 bits per heavy atom. The number of aliphatic hydroxyl groups is 1. The quantitative estimate of drug-likeness (QED) is 0.541. The Morgan fingerprint density at radius 2 is 2.15 bits per heavy atom. The van der Waals surface area contributed by atoms with Crippen molar-refractivity contribution in [2.75, 3.05) is 24.6 Å². The fourth-order valence-corrected chi connectivity index (χ4v) is 8.83. The van der Waals surface area contributed by atoms with E-state index in [0.717, 1.165) is 5.56 Å². The Labute approximate surface area is 202 Å². The van der Waals surface area contributed by atoms with Crippen LogP contribution in [0.2, 0.25) is 5.02 Å². The van der Waals surface area contributed by atoms with E-state index in [1.807, 2.05) is 26.0 Å². The van der Waals surface area contributed by atoms with Crippen LogP contribution in [0.15, 0.2) is 30.9 Å². The Morgan fingerprint density at radius 3 is 2.76 bits per heavy atom. The van der Waals surface area contributed by atoms with Gasteiger partial charge in [-0.15, -0.1) is 18.3 Å². The number of rotatable bonds is 8. The van der Waals surface area contributed by atoms with Crippen LogP contribution >= 0.6 is 23.4 Å². The standard InChI is InChI=1S/C24H29ClN2O5S/c1-4-9-26(19-13(2)7-5-8-15(19)25)22(30)20-24-14(3)12-16(33-24)17(23(31)32)18(24)21(29)27(20)10-6-11-28/h4-5,7-8,14,16-18,20,28H,1,6,9-12H2,2-3H3,(H,31,32)/t14?,16-,17+,18-,20?,24?/m0/s1. The average Bonchev–Trinajstić information content (AvgIpc) is 3.34. The van der Waals surface area contributed by atoms with Crippen molar-refractivity contribution >= 4 is 46.8 Å². The second-order valence-electron chi connectivity index (χ2n) is 9.14. The number of para-hydroxylation sites is 1. The molecule has 178 valence electrons. The number of hydrogen-bond donors (Lipinski definition) is 2. The molecular weight excluding hydrogens is 464 g/mol. The number of carboxylic acids is 1. The second-order valence-corrected chi connectivity index (χ2v) is 11.1. The zero-order valence-corrected chi connectivity index (χ0v) is 20.3. The number of benzene rings is 1. The van der Waals surface area contributed by atoms with Crippen LogP contribution in [-0.2, 0) is 14.4 Å². The van der Waals surface area contributed by atoms with Gasteiger partial charge in [0.25, 0.3) is 5.91 Å². The van der Waals surface area contributed by atoms with E-state index in [4.69, 9.17) is 11.6 Å². The Hall–Kier alpha value is -2.03. The first-order valence-corrected chi connectivity index (χ1v) is 12.5. The van der Waals surface area contributed by atoms with E-state index in [0.29, 0.717) is 23.6 Å². The van der Waals surface area contributed by atoms with Crippen molar-refractivity contribution in [2.24, 2.45) is 17.8 Å². The molecule has 2 amide bonds. The van der Waals surface area contributed by atoms with Gasteiger partial charge in [-0.3, -0.25) is 14.4 Å². The SMILES string of the molecule is C=CCN(C(=O)C1N(CCCO)C(=O)[C@@H]2[C@H](C(=O)O)[C@@H]3CC(C)C12S3)c1c(C)cccc1Cl. The molecule has 0 saturated carbocycles. The van der Waals surface area contributed by atoms with Crippen LogP contribution < -0.4 is 4.90 Å². The predicted octanol–water partition coefficient (Wildman–Crippen LogP) is 2.97. The molecule has 33 heavy (non-hydrogen) atoms. The molecule has 2 N–H and O–H groups in total. The lowest BCUT2D eigenvalue weighted by Gasteiger charge is -2.40. The molecule has 3 heterocycles. The fraction of sp³-hybridized carbons (Fsp3) is 0.542. The first kappa shape index (κ1) is 24.1. The minimum Gasteiger partial charge on any atom is -0.481 e. The van der Waals surface area contributed by atoms with Crippen LogP contribution in [0.1, 0.15) is 25.3 Å². The van der Waals surface area contributed by atoms with Gasteiger partial charge in [-0.1, -0.05) is 36.7 Å². The van der Waals surface area contributed by atoms with Crippen LogP contribution in [-0.4, -0.2) is 68.6 Å². The summed E-state index contributed by atoms with van der Waals surface area (Å²) in [6.45, 7) is 7.95. The van der Waals surface area contributed by atoms with E-state index >= 15 is 0 Å². The fourth-order valence-electron chi connectivity index (χ4n) is 6.10. The maximum Gasteiger partial charge on any atom is 0.308 e. The van der Waals surface area contributed by atoms with Crippen LogP contribution in [0.5, 0.6) is 0 Å². The van der Waals surface area contributed by atoms with Crippen molar-refractivity contribution in [3.05, 3.63) is 41.4 Å². The summed E-state index contributed by atoms with van der Waals surface area (Å²) in [5.41, 5.74) is 1.39. The minimum absolute atomic E-state index is 0.0111. The molecule has 9 heteroatoms. The normalized spacial score (nSPS) is 32.2. The summed E-state index contributed by atoms with van der Waals surface area (Å²) in [4.78, 5) is 43.2. The summed E-state index contributed by atoms with van der Waals surface area (Å²) < 4.78 is -0.827. The zero-order valence-electron chi connectivity index (χ0n) is 18.7. The van der Waals surface area contributed by atoms with Gasteiger partial charge in [0.15, 0.2) is 0 Å². The summed E-state index contributed by atoms with van der Waals surface area (Å²) in [5, 5.41) is 19.6. The van der Waals surface area contributed by atoms with Gasteiger partial charge in [0.2, 0.25) is 5.91 Å². The molecule has 3 unspecified atom stereocenters. The molecule has 0 radical (unpaired) electrons. The van der Waals surface area contributed by atoms with Gasteiger partial charge in [-0.2, -0.15) is 0 Å². The van der Waals surface area contributed by atoms with Crippen molar-refractivity contribution in [1.29, 1.82) is 0 Å². The molecule has 3 aliphatic rings. The third kappa shape index (κ3) is 3.49. The molecule has 4 rings (SSSR count). The Kier molecular flexibility index (Phi) is 6.55. The number of carboxylic acid groups (broad SMARTS) is 1. The molecule has 1 aromatic carbocycles. The number of aliphatic hydroxyl groups excluding tert-OH is 1. The molecule has 3 fully saturated rings.